The monoisotopic (exact) mass is 282 g/mol. The first-order chi connectivity index (χ1) is 10.2. The Kier molecular flexibility index (Phi) is 3.63. The minimum Gasteiger partial charge on any atom is -0.349 e. The number of para-hydroxylation sites is 2. The van der Waals surface area contributed by atoms with Crippen LogP contribution in [0, 0.1) is 12.3 Å². The number of terminal acetylenes is 1. The Balaban J connectivity index is 2.13. The van der Waals surface area contributed by atoms with Gasteiger partial charge in [0, 0.05) is 26.2 Å². The number of hydrogen-bond donors (Lipinski definition) is 0. The number of likely N-dealkylation sites (N-methyl/N-ethyl adjacent to an activating group) is 1. The average molecular weight is 282 g/mol. The third kappa shape index (κ3) is 2.50. The highest BCUT2D eigenvalue weighted by molar-refractivity contribution is 5.76. The molecule has 1 fully saturated rings. The minimum absolute atomic E-state index is 0.101. The zero-order chi connectivity index (χ0) is 14.8. The molecule has 0 aliphatic carbocycles. The lowest BCUT2D eigenvalue weighted by Gasteiger charge is -2.33. The van der Waals surface area contributed by atoms with Crippen molar-refractivity contribution in [1.82, 2.24) is 14.5 Å². The van der Waals surface area contributed by atoms with Crippen molar-refractivity contribution in [2.24, 2.45) is 0 Å². The molecule has 0 N–H and O–H groups in total. The predicted molar refractivity (Wildman–Crippen MR) is 84.5 cm³/mol. The highest BCUT2D eigenvalue weighted by Crippen LogP contribution is 2.15. The third-order valence-electron chi connectivity index (χ3n) is 3.89. The Labute approximate surface area is 123 Å². The fourth-order valence-corrected chi connectivity index (χ4v) is 2.65. The number of piperazine rings is 1. The standard InChI is InChI=1S/C16H18N4O/c1-3-8-20-14-7-5-4-6-13(14)17-15(16(20)21)19-11-9-18(2)10-12-19/h1,4-7H,8-12H2,2H3. The summed E-state index contributed by atoms with van der Waals surface area (Å²) >= 11 is 0. The Morgan fingerprint density at radius 1 is 1.24 bits per heavy atom. The summed E-state index contributed by atoms with van der Waals surface area (Å²) in [6.45, 7) is 3.76. The molecule has 1 aromatic carbocycles. The molecule has 0 spiro atoms. The molecule has 1 aliphatic rings. The number of rotatable bonds is 2. The first-order valence-electron chi connectivity index (χ1n) is 7.07. The summed E-state index contributed by atoms with van der Waals surface area (Å²) in [4.78, 5) is 21.6. The highest BCUT2D eigenvalue weighted by Gasteiger charge is 2.20. The van der Waals surface area contributed by atoms with Gasteiger partial charge in [-0.05, 0) is 19.2 Å². The van der Waals surface area contributed by atoms with Crippen molar-refractivity contribution in [1.29, 1.82) is 0 Å². The molecule has 21 heavy (non-hydrogen) atoms. The van der Waals surface area contributed by atoms with Gasteiger partial charge in [-0.1, -0.05) is 18.1 Å². The fourth-order valence-electron chi connectivity index (χ4n) is 2.65. The molecule has 5 nitrogen and oxygen atoms in total. The first-order valence-corrected chi connectivity index (χ1v) is 7.07. The van der Waals surface area contributed by atoms with Crippen LogP contribution >= 0.6 is 0 Å². The summed E-state index contributed by atoms with van der Waals surface area (Å²) < 4.78 is 1.63. The van der Waals surface area contributed by atoms with E-state index in [2.05, 4.69) is 27.8 Å². The van der Waals surface area contributed by atoms with Gasteiger partial charge in [0.1, 0.15) is 0 Å². The van der Waals surface area contributed by atoms with Crippen LogP contribution in [0.3, 0.4) is 0 Å². The molecular formula is C16H18N4O. The molecule has 0 unspecified atom stereocenters. The van der Waals surface area contributed by atoms with Gasteiger partial charge in [-0.3, -0.25) is 9.36 Å². The molecule has 1 aliphatic heterocycles. The summed E-state index contributed by atoms with van der Waals surface area (Å²) in [5.74, 6) is 3.07. The molecular weight excluding hydrogens is 264 g/mol. The molecule has 3 rings (SSSR count). The van der Waals surface area contributed by atoms with Crippen LogP contribution in [0.25, 0.3) is 11.0 Å². The van der Waals surface area contributed by atoms with Crippen LogP contribution < -0.4 is 10.5 Å². The van der Waals surface area contributed by atoms with Crippen LogP contribution in [0.1, 0.15) is 0 Å². The first kappa shape index (κ1) is 13.7. The van der Waals surface area contributed by atoms with Crippen molar-refractivity contribution < 1.29 is 0 Å². The van der Waals surface area contributed by atoms with Gasteiger partial charge in [0.25, 0.3) is 5.56 Å². The molecule has 0 radical (unpaired) electrons. The Morgan fingerprint density at radius 2 is 1.95 bits per heavy atom. The van der Waals surface area contributed by atoms with Gasteiger partial charge < -0.3 is 9.80 Å². The van der Waals surface area contributed by atoms with Gasteiger partial charge in [0.05, 0.1) is 17.6 Å². The number of fused-ring (bicyclic) bond motifs is 1. The number of anilines is 1. The van der Waals surface area contributed by atoms with E-state index in [9.17, 15) is 4.79 Å². The highest BCUT2D eigenvalue weighted by atomic mass is 16.1. The Morgan fingerprint density at radius 3 is 2.67 bits per heavy atom. The van der Waals surface area contributed by atoms with E-state index in [-0.39, 0.29) is 12.1 Å². The predicted octanol–water partition coefficient (Wildman–Crippen LogP) is 0.782. The molecule has 0 atom stereocenters. The Bertz CT molecular complexity index is 751. The van der Waals surface area contributed by atoms with Crippen molar-refractivity contribution in [3.63, 3.8) is 0 Å². The number of benzene rings is 1. The molecule has 0 saturated carbocycles. The van der Waals surface area contributed by atoms with Crippen LogP contribution in [0.5, 0.6) is 0 Å². The quantitative estimate of drug-likeness (QED) is 0.763. The number of nitrogens with zero attached hydrogens (tertiary/aromatic N) is 4. The zero-order valence-electron chi connectivity index (χ0n) is 12.1. The molecule has 0 amide bonds. The van der Waals surface area contributed by atoms with Crippen LogP contribution in [-0.2, 0) is 6.54 Å². The van der Waals surface area contributed by atoms with E-state index in [4.69, 9.17) is 6.42 Å². The Hall–Kier alpha value is -2.32. The van der Waals surface area contributed by atoms with E-state index in [0.717, 1.165) is 37.2 Å². The molecule has 108 valence electrons. The van der Waals surface area contributed by atoms with Gasteiger partial charge in [-0.25, -0.2) is 4.98 Å². The SMILES string of the molecule is C#CCn1c(=O)c(N2CCN(C)CC2)nc2ccccc21. The van der Waals surface area contributed by atoms with Crippen LogP contribution in [-0.4, -0.2) is 47.7 Å². The normalized spacial score (nSPS) is 16.1. The van der Waals surface area contributed by atoms with E-state index in [1.165, 1.54) is 0 Å². The second kappa shape index (κ2) is 5.58. The molecule has 2 aromatic rings. The van der Waals surface area contributed by atoms with Gasteiger partial charge in [-0.2, -0.15) is 0 Å². The largest absolute Gasteiger partial charge is 0.349 e. The maximum absolute atomic E-state index is 12.7. The van der Waals surface area contributed by atoms with E-state index in [1.807, 2.05) is 24.3 Å². The van der Waals surface area contributed by atoms with E-state index < -0.39 is 0 Å². The maximum Gasteiger partial charge on any atom is 0.294 e. The van der Waals surface area contributed by atoms with Crippen LogP contribution in [0.15, 0.2) is 29.1 Å². The van der Waals surface area contributed by atoms with Gasteiger partial charge in [-0.15, -0.1) is 6.42 Å². The second-order valence-corrected chi connectivity index (χ2v) is 5.31. The molecule has 1 aromatic heterocycles. The van der Waals surface area contributed by atoms with Gasteiger partial charge in [0.2, 0.25) is 0 Å². The third-order valence-corrected chi connectivity index (χ3v) is 3.89. The molecule has 5 heteroatoms. The lowest BCUT2D eigenvalue weighted by atomic mass is 10.2. The van der Waals surface area contributed by atoms with Gasteiger partial charge >= 0.3 is 0 Å². The van der Waals surface area contributed by atoms with E-state index in [0.29, 0.717) is 5.82 Å². The number of aromatic nitrogens is 2. The fraction of sp³-hybridized carbons (Fsp3) is 0.375. The van der Waals surface area contributed by atoms with Crippen molar-refractivity contribution >= 4 is 16.9 Å². The van der Waals surface area contributed by atoms with Crippen LogP contribution in [0.2, 0.25) is 0 Å². The summed E-state index contributed by atoms with van der Waals surface area (Å²) in [6, 6.07) is 7.62. The molecule has 2 heterocycles. The zero-order valence-corrected chi connectivity index (χ0v) is 12.1. The van der Waals surface area contributed by atoms with Gasteiger partial charge in [0.15, 0.2) is 5.82 Å². The van der Waals surface area contributed by atoms with Crippen molar-refractivity contribution in [3.05, 3.63) is 34.6 Å². The summed E-state index contributed by atoms with van der Waals surface area (Å²) in [6.07, 6.45) is 5.42. The van der Waals surface area contributed by atoms with Crippen molar-refractivity contribution in [2.45, 2.75) is 6.54 Å². The van der Waals surface area contributed by atoms with E-state index in [1.54, 1.807) is 4.57 Å². The van der Waals surface area contributed by atoms with Crippen molar-refractivity contribution in [3.8, 4) is 12.3 Å². The number of hydrogen-bond acceptors (Lipinski definition) is 4. The molecule has 1 saturated heterocycles. The van der Waals surface area contributed by atoms with Crippen LogP contribution in [0.4, 0.5) is 5.82 Å². The molecule has 0 bridgehead atoms. The topological polar surface area (TPSA) is 41.4 Å². The summed E-state index contributed by atoms with van der Waals surface area (Å²) in [5.41, 5.74) is 1.50. The summed E-state index contributed by atoms with van der Waals surface area (Å²) in [7, 11) is 2.09. The van der Waals surface area contributed by atoms with Crippen molar-refractivity contribution in [2.75, 3.05) is 38.1 Å². The smallest absolute Gasteiger partial charge is 0.294 e. The maximum atomic E-state index is 12.7. The lowest BCUT2D eigenvalue weighted by molar-refractivity contribution is 0.311. The van der Waals surface area contributed by atoms with E-state index >= 15 is 0 Å². The summed E-state index contributed by atoms with van der Waals surface area (Å²) in [5, 5.41) is 0. The lowest BCUT2D eigenvalue weighted by Crippen LogP contribution is -2.47. The minimum atomic E-state index is -0.101. The second-order valence-electron chi connectivity index (χ2n) is 5.31. The average Bonchev–Trinajstić information content (AvgIpc) is 2.51.